The van der Waals surface area contributed by atoms with Gasteiger partial charge in [-0.25, -0.2) is 39.3 Å². The zero-order chi connectivity index (χ0) is 33.7. The number of hydrogen-bond acceptors (Lipinski definition) is 13. The molecule has 0 bridgehead atoms. The summed E-state index contributed by atoms with van der Waals surface area (Å²) in [6.45, 7) is 0.887. The summed E-state index contributed by atoms with van der Waals surface area (Å²) in [5, 5.41) is 19.0. The van der Waals surface area contributed by atoms with E-state index in [-0.39, 0.29) is 23.4 Å². The maximum atomic E-state index is 6.11. The smallest absolute Gasteiger partial charge is 0.266 e. The Kier molecular flexibility index (Phi) is 6.80. The average molecular weight is 687 g/mol. The third-order valence-corrected chi connectivity index (χ3v) is 9.13. The maximum Gasteiger partial charge on any atom is 0.266 e. The Hall–Kier alpha value is -6.87. The van der Waals surface area contributed by atoms with Crippen LogP contribution in [-0.2, 0) is 13.1 Å². The fourth-order valence-corrected chi connectivity index (χ4v) is 6.65. The predicted molar refractivity (Wildman–Crippen MR) is 187 cm³/mol. The van der Waals surface area contributed by atoms with Crippen molar-refractivity contribution in [2.45, 2.75) is 23.1 Å². The van der Waals surface area contributed by atoms with Crippen LogP contribution in [0.1, 0.15) is 11.1 Å². The van der Waals surface area contributed by atoms with Crippen molar-refractivity contribution < 1.29 is 8.83 Å². The van der Waals surface area contributed by atoms with Crippen molar-refractivity contribution in [2.24, 2.45) is 0 Å². The maximum absolute atomic E-state index is 6.11. The molecule has 6 aromatic heterocycles. The Balaban J connectivity index is 1.15. The largest absolute Gasteiger partial charge is 0.434 e. The summed E-state index contributed by atoms with van der Waals surface area (Å²) in [5.41, 5.74) is 6.66. The summed E-state index contributed by atoms with van der Waals surface area (Å²) in [6.07, 6.45) is 0. The molecular formula is C36H22N12O2S. The van der Waals surface area contributed by atoms with Gasteiger partial charge in [-0.15, -0.1) is 10.2 Å². The highest BCUT2D eigenvalue weighted by Crippen LogP contribution is 2.36. The minimum Gasteiger partial charge on any atom is -0.434 e. The molecule has 244 valence electrons. The molecule has 0 aliphatic heterocycles. The number of hydrogen-bond donors (Lipinski definition) is 0. The van der Waals surface area contributed by atoms with Gasteiger partial charge in [0.15, 0.2) is 33.5 Å². The highest BCUT2D eigenvalue weighted by molar-refractivity contribution is 7.99. The highest BCUT2D eigenvalue weighted by atomic mass is 32.2. The summed E-state index contributed by atoms with van der Waals surface area (Å²) in [5.74, 6) is 1.08. The SMILES string of the molecule is c1ccc(Cn2nnc3c(Sc4nc(-c5nc6ccccc6o5)nc5c4nnn5Cc4ccccc4)nc(-c4nc5ccccc5o4)nc32)cc1. The lowest BCUT2D eigenvalue weighted by Crippen LogP contribution is -2.05. The molecule has 14 nitrogen and oxygen atoms in total. The first-order chi connectivity index (χ1) is 25.2. The second kappa shape index (κ2) is 11.9. The molecule has 0 spiro atoms. The predicted octanol–water partition coefficient (Wildman–Crippen LogP) is 6.62. The second-order valence-corrected chi connectivity index (χ2v) is 12.6. The molecule has 0 atom stereocenters. The monoisotopic (exact) mass is 686 g/mol. The molecule has 0 aliphatic carbocycles. The van der Waals surface area contributed by atoms with E-state index >= 15 is 0 Å². The van der Waals surface area contributed by atoms with Crippen molar-refractivity contribution in [1.29, 1.82) is 0 Å². The Labute approximate surface area is 291 Å². The van der Waals surface area contributed by atoms with Gasteiger partial charge in [-0.3, -0.25) is 0 Å². The fourth-order valence-electron chi connectivity index (χ4n) is 5.75. The Morgan fingerprint density at radius 3 is 1.35 bits per heavy atom. The molecule has 0 radical (unpaired) electrons. The van der Waals surface area contributed by atoms with Crippen LogP contribution in [0, 0.1) is 0 Å². The van der Waals surface area contributed by atoms with Gasteiger partial charge in [0, 0.05) is 0 Å². The van der Waals surface area contributed by atoms with Crippen molar-refractivity contribution in [3.8, 4) is 23.4 Å². The molecule has 4 aromatic carbocycles. The number of fused-ring (bicyclic) bond motifs is 4. The number of aromatic nitrogens is 12. The van der Waals surface area contributed by atoms with Crippen LogP contribution < -0.4 is 0 Å². The van der Waals surface area contributed by atoms with Gasteiger partial charge in [0.1, 0.15) is 21.1 Å². The molecule has 10 aromatic rings. The van der Waals surface area contributed by atoms with Crippen LogP contribution in [0.5, 0.6) is 0 Å². The molecule has 0 saturated heterocycles. The number of para-hydroxylation sites is 4. The number of rotatable bonds is 8. The van der Waals surface area contributed by atoms with Gasteiger partial charge in [0.2, 0.25) is 11.6 Å². The van der Waals surface area contributed by atoms with Gasteiger partial charge < -0.3 is 8.83 Å². The highest BCUT2D eigenvalue weighted by Gasteiger charge is 2.25. The topological polar surface area (TPSA) is 165 Å². The van der Waals surface area contributed by atoms with E-state index in [4.69, 9.17) is 28.8 Å². The van der Waals surface area contributed by atoms with E-state index in [1.165, 1.54) is 11.8 Å². The van der Waals surface area contributed by atoms with Crippen LogP contribution >= 0.6 is 11.8 Å². The summed E-state index contributed by atoms with van der Waals surface area (Å²) < 4.78 is 15.7. The van der Waals surface area contributed by atoms with Gasteiger partial charge in [-0.1, -0.05) is 95.4 Å². The van der Waals surface area contributed by atoms with E-state index in [1.807, 2.05) is 109 Å². The minimum absolute atomic E-state index is 0.265. The van der Waals surface area contributed by atoms with Crippen LogP contribution in [-0.4, -0.2) is 59.9 Å². The molecule has 51 heavy (non-hydrogen) atoms. The molecule has 0 amide bonds. The van der Waals surface area contributed by atoms with E-state index in [2.05, 4.69) is 30.6 Å². The Morgan fingerprint density at radius 1 is 0.471 bits per heavy atom. The summed E-state index contributed by atoms with van der Waals surface area (Å²) in [4.78, 5) is 29.0. The molecule has 0 saturated carbocycles. The average Bonchev–Trinajstić information content (AvgIpc) is 3.98. The molecule has 0 fully saturated rings. The van der Waals surface area contributed by atoms with E-state index in [0.717, 1.165) is 11.1 Å². The van der Waals surface area contributed by atoms with Crippen LogP contribution in [0.15, 0.2) is 128 Å². The second-order valence-electron chi connectivity index (χ2n) is 11.6. The van der Waals surface area contributed by atoms with Gasteiger partial charge in [-0.2, -0.15) is 0 Å². The lowest BCUT2D eigenvalue weighted by molar-refractivity contribution is 0.611. The lowest BCUT2D eigenvalue weighted by Gasteiger charge is -2.07. The zero-order valence-corrected chi connectivity index (χ0v) is 27.2. The van der Waals surface area contributed by atoms with Gasteiger partial charge in [0.25, 0.3) is 11.8 Å². The van der Waals surface area contributed by atoms with Crippen molar-refractivity contribution in [1.82, 2.24) is 59.9 Å². The zero-order valence-electron chi connectivity index (χ0n) is 26.4. The van der Waals surface area contributed by atoms with Crippen LogP contribution in [0.4, 0.5) is 0 Å². The first kappa shape index (κ1) is 29.1. The van der Waals surface area contributed by atoms with Gasteiger partial charge in [-0.05, 0) is 47.2 Å². The number of nitrogens with zero attached hydrogens (tertiary/aromatic N) is 12. The standard InChI is InChI=1S/C36H22N12O2S/c1-3-11-21(12-4-1)19-47-31-27(43-45-47)35(41-29(39-31)33-37-23-15-7-9-17-25(23)49-33)51-36-28-32(48(46-44-28)20-22-13-5-2-6-14-22)40-30(42-36)34-38-24-16-8-10-18-26(24)50-34/h1-18H,19-20H2. The first-order valence-corrected chi connectivity index (χ1v) is 16.7. The van der Waals surface area contributed by atoms with Gasteiger partial charge >= 0.3 is 0 Å². The van der Waals surface area contributed by atoms with E-state index in [1.54, 1.807) is 9.36 Å². The Morgan fingerprint density at radius 2 is 0.902 bits per heavy atom. The van der Waals surface area contributed by atoms with Crippen molar-refractivity contribution in [3.05, 3.63) is 120 Å². The third-order valence-electron chi connectivity index (χ3n) is 8.18. The molecular weight excluding hydrogens is 665 g/mol. The van der Waals surface area contributed by atoms with Gasteiger partial charge in [0.05, 0.1) is 13.1 Å². The molecule has 0 unspecified atom stereocenters. The third kappa shape index (κ3) is 5.32. The number of oxazole rings is 2. The summed E-state index contributed by atoms with van der Waals surface area (Å²) >= 11 is 1.24. The van der Waals surface area contributed by atoms with Crippen LogP contribution in [0.3, 0.4) is 0 Å². The normalized spacial score (nSPS) is 11.8. The molecule has 0 N–H and O–H groups in total. The Bertz CT molecular complexity index is 2600. The summed E-state index contributed by atoms with van der Waals surface area (Å²) in [6, 6.07) is 35.0. The molecule has 10 rings (SSSR count). The number of benzene rings is 4. The molecule has 15 heteroatoms. The van der Waals surface area contributed by atoms with Crippen molar-refractivity contribution >= 4 is 56.3 Å². The minimum atomic E-state index is 0.265. The molecule has 6 heterocycles. The lowest BCUT2D eigenvalue weighted by atomic mass is 10.2. The van der Waals surface area contributed by atoms with Crippen LogP contribution in [0.25, 0.3) is 68.0 Å². The van der Waals surface area contributed by atoms with Crippen molar-refractivity contribution in [2.75, 3.05) is 0 Å². The van der Waals surface area contributed by atoms with Crippen molar-refractivity contribution in [3.63, 3.8) is 0 Å². The summed E-state index contributed by atoms with van der Waals surface area (Å²) in [7, 11) is 0. The van der Waals surface area contributed by atoms with Crippen LogP contribution in [0.2, 0.25) is 0 Å². The quantitative estimate of drug-likeness (QED) is 0.157. The van der Waals surface area contributed by atoms with E-state index < -0.39 is 0 Å². The first-order valence-electron chi connectivity index (χ1n) is 15.9. The fraction of sp³-hybridized carbons (Fsp3) is 0.0556. The van der Waals surface area contributed by atoms with E-state index in [0.29, 0.717) is 67.7 Å². The molecule has 0 aliphatic rings. The van der Waals surface area contributed by atoms with E-state index in [9.17, 15) is 0 Å².